The largest absolute Gasteiger partial charge is 0.358 e. The van der Waals surface area contributed by atoms with E-state index in [2.05, 4.69) is 25.6 Å². The van der Waals surface area contributed by atoms with E-state index in [4.69, 9.17) is 0 Å². The van der Waals surface area contributed by atoms with Crippen LogP contribution in [0.3, 0.4) is 0 Å². The number of nitro groups is 1. The van der Waals surface area contributed by atoms with Crippen molar-refractivity contribution in [1.29, 1.82) is 0 Å². The van der Waals surface area contributed by atoms with Gasteiger partial charge in [-0.2, -0.15) is 0 Å². The van der Waals surface area contributed by atoms with Crippen LogP contribution in [0.25, 0.3) is 10.9 Å². The molecule has 0 spiro atoms. The Labute approximate surface area is 173 Å². The number of hydrogen-bond donors (Lipinski definition) is 2. The van der Waals surface area contributed by atoms with Gasteiger partial charge in [-0.1, -0.05) is 48.5 Å². The molecule has 2 aromatic carbocycles. The van der Waals surface area contributed by atoms with Crippen molar-refractivity contribution in [2.75, 3.05) is 10.6 Å². The Kier molecular flexibility index (Phi) is 5.21. The summed E-state index contributed by atoms with van der Waals surface area (Å²) in [6.45, 7) is 3.82. The van der Waals surface area contributed by atoms with Gasteiger partial charge in [-0.25, -0.2) is 9.97 Å². The first-order valence-electron chi connectivity index (χ1n) is 9.47. The van der Waals surface area contributed by atoms with E-state index in [0.29, 0.717) is 5.69 Å². The van der Waals surface area contributed by atoms with E-state index in [1.807, 2.05) is 74.5 Å². The Hall–Kier alpha value is -4.07. The molecule has 30 heavy (non-hydrogen) atoms. The lowest BCUT2D eigenvalue weighted by Crippen LogP contribution is -2.11. The lowest BCUT2D eigenvalue weighted by molar-refractivity contribution is -0.383. The van der Waals surface area contributed by atoms with E-state index in [0.717, 1.165) is 22.2 Å². The summed E-state index contributed by atoms with van der Waals surface area (Å²) in [4.78, 5) is 24.2. The van der Waals surface area contributed by atoms with Gasteiger partial charge in [-0.15, -0.1) is 0 Å². The van der Waals surface area contributed by atoms with E-state index >= 15 is 0 Å². The second-order valence-electron chi connectivity index (χ2n) is 6.91. The highest BCUT2D eigenvalue weighted by Gasteiger charge is 2.25. The van der Waals surface area contributed by atoms with Crippen molar-refractivity contribution in [2.45, 2.75) is 19.9 Å². The predicted octanol–water partition coefficient (Wildman–Crippen LogP) is 5.16. The van der Waals surface area contributed by atoms with Crippen LogP contribution in [0.2, 0.25) is 0 Å². The number of aryl methyl sites for hydroxylation is 1. The summed E-state index contributed by atoms with van der Waals surface area (Å²) in [7, 11) is 0. The predicted molar refractivity (Wildman–Crippen MR) is 117 cm³/mol. The molecule has 0 aliphatic rings. The quantitative estimate of drug-likeness (QED) is 0.340. The lowest BCUT2D eigenvalue weighted by Gasteiger charge is -2.16. The molecule has 0 radical (unpaired) electrons. The van der Waals surface area contributed by atoms with Gasteiger partial charge in [0, 0.05) is 11.1 Å². The molecular weight excluding hydrogens is 380 g/mol. The molecule has 0 amide bonds. The van der Waals surface area contributed by atoms with E-state index in [1.54, 1.807) is 0 Å². The molecule has 150 valence electrons. The summed E-state index contributed by atoms with van der Waals surface area (Å²) in [6, 6.07) is 19.0. The van der Waals surface area contributed by atoms with Gasteiger partial charge in [0.2, 0.25) is 11.6 Å². The number of hydrogen-bond acceptors (Lipinski definition) is 7. The topological polar surface area (TPSA) is 106 Å². The molecule has 4 aromatic rings. The normalized spacial score (nSPS) is 11.8. The van der Waals surface area contributed by atoms with Crippen LogP contribution in [-0.2, 0) is 0 Å². The lowest BCUT2D eigenvalue weighted by atomic mass is 10.1. The van der Waals surface area contributed by atoms with Gasteiger partial charge in [-0.05, 0) is 31.5 Å². The van der Waals surface area contributed by atoms with Gasteiger partial charge in [0.25, 0.3) is 0 Å². The van der Waals surface area contributed by atoms with Crippen molar-refractivity contribution in [2.24, 2.45) is 0 Å². The highest BCUT2D eigenvalue weighted by atomic mass is 16.6. The van der Waals surface area contributed by atoms with Gasteiger partial charge in [0.1, 0.15) is 6.33 Å². The summed E-state index contributed by atoms with van der Waals surface area (Å²) < 4.78 is 0. The molecule has 2 aromatic heterocycles. The summed E-state index contributed by atoms with van der Waals surface area (Å²) >= 11 is 0. The number of nitrogens with zero attached hydrogens (tertiary/aromatic N) is 4. The first-order valence-corrected chi connectivity index (χ1v) is 9.47. The number of anilines is 3. The maximum Gasteiger partial charge on any atom is 0.353 e. The van der Waals surface area contributed by atoms with E-state index < -0.39 is 4.92 Å². The molecule has 2 N–H and O–H groups in total. The van der Waals surface area contributed by atoms with Crippen molar-refractivity contribution >= 4 is 33.9 Å². The number of rotatable bonds is 6. The van der Waals surface area contributed by atoms with Crippen LogP contribution in [-0.4, -0.2) is 19.9 Å². The van der Waals surface area contributed by atoms with Gasteiger partial charge < -0.3 is 10.6 Å². The molecule has 8 heteroatoms. The summed E-state index contributed by atoms with van der Waals surface area (Å²) in [5.41, 5.74) is 2.99. The monoisotopic (exact) mass is 400 g/mol. The van der Waals surface area contributed by atoms with Crippen molar-refractivity contribution in [3.63, 3.8) is 0 Å². The third-order valence-electron chi connectivity index (χ3n) is 4.77. The number of pyridine rings is 1. The van der Waals surface area contributed by atoms with Crippen LogP contribution in [0.15, 0.2) is 67.0 Å². The fraction of sp³-hybridized carbons (Fsp3) is 0.136. The second-order valence-corrected chi connectivity index (χ2v) is 6.91. The van der Waals surface area contributed by atoms with Crippen LogP contribution in [0.4, 0.5) is 23.0 Å². The Bertz CT molecular complexity index is 1210. The van der Waals surface area contributed by atoms with E-state index in [9.17, 15) is 10.1 Å². The average molecular weight is 400 g/mol. The Morgan fingerprint density at radius 3 is 2.50 bits per heavy atom. The minimum Gasteiger partial charge on any atom is -0.358 e. The first kappa shape index (κ1) is 19.3. The minimum atomic E-state index is -0.480. The standard InChI is InChI=1S/C22H20N6O2/c1-14-11-12-17-9-6-10-18(19(17)25-14)27-22-20(28(29)30)21(23-13-24-22)26-15(2)16-7-4-3-5-8-16/h3-13,15H,1-2H3,(H2,23,24,26,27). The zero-order chi connectivity index (χ0) is 21.1. The molecule has 0 fully saturated rings. The molecule has 2 heterocycles. The Balaban J connectivity index is 1.72. The highest BCUT2D eigenvalue weighted by Crippen LogP contribution is 2.34. The summed E-state index contributed by atoms with van der Waals surface area (Å²) in [5, 5.41) is 19.0. The van der Waals surface area contributed by atoms with E-state index in [-0.39, 0.29) is 23.4 Å². The van der Waals surface area contributed by atoms with Gasteiger partial charge in [-0.3, -0.25) is 15.1 Å². The molecule has 0 aliphatic heterocycles. The second kappa shape index (κ2) is 8.12. The average Bonchev–Trinajstić information content (AvgIpc) is 2.74. The zero-order valence-electron chi connectivity index (χ0n) is 16.5. The molecule has 0 saturated heterocycles. The Morgan fingerprint density at radius 1 is 0.967 bits per heavy atom. The van der Waals surface area contributed by atoms with Crippen LogP contribution < -0.4 is 10.6 Å². The molecule has 8 nitrogen and oxygen atoms in total. The number of aromatic nitrogens is 3. The fourth-order valence-corrected chi connectivity index (χ4v) is 3.25. The number of fused-ring (bicyclic) bond motifs is 1. The zero-order valence-corrected chi connectivity index (χ0v) is 16.5. The number of nitrogens with one attached hydrogen (secondary N) is 2. The van der Waals surface area contributed by atoms with Crippen LogP contribution in [0.1, 0.15) is 24.2 Å². The molecule has 1 atom stereocenters. The minimum absolute atomic E-state index is 0.105. The van der Waals surface area contributed by atoms with Crippen molar-refractivity contribution in [3.05, 3.63) is 88.4 Å². The van der Waals surface area contributed by atoms with Gasteiger partial charge >= 0.3 is 5.69 Å². The van der Waals surface area contributed by atoms with Crippen molar-refractivity contribution < 1.29 is 4.92 Å². The third-order valence-corrected chi connectivity index (χ3v) is 4.77. The van der Waals surface area contributed by atoms with Crippen molar-refractivity contribution in [1.82, 2.24) is 15.0 Å². The summed E-state index contributed by atoms with van der Waals surface area (Å²) in [5.74, 6) is 0.256. The van der Waals surface area contributed by atoms with Crippen molar-refractivity contribution in [3.8, 4) is 0 Å². The maximum atomic E-state index is 11.9. The maximum absolute atomic E-state index is 11.9. The number of para-hydroxylation sites is 1. The van der Waals surface area contributed by atoms with Crippen LogP contribution in [0, 0.1) is 17.0 Å². The molecule has 1 unspecified atom stereocenters. The fourth-order valence-electron chi connectivity index (χ4n) is 3.25. The van der Waals surface area contributed by atoms with E-state index in [1.165, 1.54) is 6.33 Å². The third kappa shape index (κ3) is 3.88. The van der Waals surface area contributed by atoms with Crippen LogP contribution in [0.5, 0.6) is 0 Å². The molecule has 0 bridgehead atoms. The Morgan fingerprint density at radius 2 is 1.73 bits per heavy atom. The number of benzene rings is 2. The first-order chi connectivity index (χ1) is 14.5. The van der Waals surface area contributed by atoms with Gasteiger partial charge in [0.05, 0.1) is 22.2 Å². The summed E-state index contributed by atoms with van der Waals surface area (Å²) in [6.07, 6.45) is 1.30. The molecular formula is C22H20N6O2. The molecule has 0 saturated carbocycles. The molecule has 4 rings (SSSR count). The van der Waals surface area contributed by atoms with Crippen LogP contribution >= 0.6 is 0 Å². The smallest absolute Gasteiger partial charge is 0.353 e. The SMILES string of the molecule is Cc1ccc2cccc(Nc3ncnc(NC(C)c4ccccc4)c3[N+](=O)[O-])c2n1. The van der Waals surface area contributed by atoms with Gasteiger partial charge in [0.15, 0.2) is 0 Å². The molecule has 0 aliphatic carbocycles. The highest BCUT2D eigenvalue weighted by molar-refractivity contribution is 5.93.